The number of aryl methyl sites for hydroxylation is 1. The van der Waals surface area contributed by atoms with Crippen molar-refractivity contribution in [3.63, 3.8) is 0 Å². The number of hydrogen-bond donors (Lipinski definition) is 4. The maximum absolute atomic E-state index is 14.1. The second-order valence-corrected chi connectivity index (χ2v) is 18.3. The van der Waals surface area contributed by atoms with Crippen molar-refractivity contribution in [3.05, 3.63) is 123 Å². The normalized spacial score (nSPS) is 13.2. The molecule has 17 heteroatoms. The van der Waals surface area contributed by atoms with Crippen LogP contribution in [0, 0.1) is 24.7 Å². The molecule has 2 aromatic heterocycles. The van der Waals surface area contributed by atoms with Gasteiger partial charge in [-0.05, 0) is 73.4 Å². The third-order valence-electron chi connectivity index (χ3n) is 11.7. The molecule has 0 saturated heterocycles. The molecule has 17 nitrogen and oxygen atoms in total. The van der Waals surface area contributed by atoms with E-state index in [2.05, 4.69) is 21.3 Å². The summed E-state index contributed by atoms with van der Waals surface area (Å²) in [5.74, 6) is -2.76. The Labute approximate surface area is 403 Å². The van der Waals surface area contributed by atoms with Crippen molar-refractivity contribution in [2.45, 2.75) is 106 Å². The second kappa shape index (κ2) is 25.3. The summed E-state index contributed by atoms with van der Waals surface area (Å²) < 4.78 is 7.00. The van der Waals surface area contributed by atoms with Gasteiger partial charge in [-0.3, -0.25) is 42.9 Å². The van der Waals surface area contributed by atoms with Gasteiger partial charge in [-0.1, -0.05) is 96.0 Å². The van der Waals surface area contributed by atoms with E-state index in [9.17, 15) is 38.4 Å². The fourth-order valence-electron chi connectivity index (χ4n) is 8.09. The van der Waals surface area contributed by atoms with Crippen molar-refractivity contribution in [2.24, 2.45) is 17.8 Å². The molecule has 69 heavy (non-hydrogen) atoms. The Morgan fingerprint density at radius 3 is 2.16 bits per heavy atom. The average Bonchev–Trinajstić information content (AvgIpc) is 3.63. The lowest BCUT2D eigenvalue weighted by molar-refractivity contribution is -0.138. The smallest absolute Gasteiger partial charge is 0.407 e. The number of aromatic nitrogens is 2. The Kier molecular flexibility index (Phi) is 19.3. The highest BCUT2D eigenvalue weighted by atomic mass is 16.5. The van der Waals surface area contributed by atoms with E-state index >= 15 is 0 Å². The molecule has 1 aliphatic rings. The van der Waals surface area contributed by atoms with Crippen LogP contribution in [0.1, 0.15) is 108 Å². The van der Waals surface area contributed by atoms with Crippen molar-refractivity contribution >= 4 is 52.9 Å². The largest absolute Gasteiger partial charge is 0.445 e. The summed E-state index contributed by atoms with van der Waals surface area (Å²) in [7, 11) is 0. The highest BCUT2D eigenvalue weighted by molar-refractivity contribution is 6.12. The molecular weight excluding hydrogens is 881 g/mol. The molecule has 0 saturated carbocycles. The summed E-state index contributed by atoms with van der Waals surface area (Å²) >= 11 is 0. The number of amides is 7. The van der Waals surface area contributed by atoms with Crippen LogP contribution < -0.4 is 26.8 Å². The summed E-state index contributed by atoms with van der Waals surface area (Å²) in [6, 6.07) is 18.7. The molecule has 5 rings (SSSR count). The Bertz CT molecular complexity index is 2550. The Balaban J connectivity index is 1.07. The van der Waals surface area contributed by atoms with Crippen LogP contribution in [-0.2, 0) is 46.5 Å². The minimum Gasteiger partial charge on any atom is -0.445 e. The summed E-state index contributed by atoms with van der Waals surface area (Å²) in [5.41, 5.74) is 4.56. The number of carbonyl (C=O) groups is 7. The number of rotatable bonds is 24. The zero-order valence-corrected chi connectivity index (χ0v) is 40.7. The fourth-order valence-corrected chi connectivity index (χ4v) is 8.09. The number of fused-ring (bicyclic) bond motifs is 1. The number of unbranched alkanes of at least 4 members (excludes halogenated alkanes) is 2. The number of hydrogen-bond acceptors (Lipinski definition) is 10. The van der Waals surface area contributed by atoms with Crippen molar-refractivity contribution in [1.29, 1.82) is 0 Å². The van der Waals surface area contributed by atoms with Crippen LogP contribution in [0.3, 0.4) is 0 Å². The molecule has 0 spiro atoms. The van der Waals surface area contributed by atoms with Crippen LogP contribution in [0.25, 0.3) is 5.65 Å². The van der Waals surface area contributed by atoms with Crippen LogP contribution in [0.4, 0.5) is 10.5 Å². The number of anilines is 1. The SMILES string of the molecule is Cc1cccc(Cc2c(C(C(C)C)N(CCCNC(=O)OCc3ccc(NC(=O)CNC(=O)C(NC(=O)CCCCCN4C(=O)C=CC4=O)C(C)C)cc3)C(=O)C(C)C)nc3ccccn3c2=O)c1. The molecule has 1 aliphatic heterocycles. The zero-order valence-electron chi connectivity index (χ0n) is 40.7. The molecule has 368 valence electrons. The van der Waals surface area contributed by atoms with Crippen LogP contribution in [0.2, 0.25) is 0 Å². The molecule has 0 radical (unpaired) electrons. The van der Waals surface area contributed by atoms with Crippen LogP contribution >= 0.6 is 0 Å². The monoisotopic (exact) mass is 946 g/mol. The number of imide groups is 1. The Morgan fingerprint density at radius 1 is 0.768 bits per heavy atom. The lowest BCUT2D eigenvalue weighted by Crippen LogP contribution is -2.51. The van der Waals surface area contributed by atoms with E-state index in [4.69, 9.17) is 9.72 Å². The standard InChI is InChI=1S/C52H66N8O9/c1-33(2)46(57-42(61)18-9-8-11-27-59-44(63)23-24-45(59)64)49(65)54-31-43(62)55-39-21-19-37(20-22-39)32-69-52(68)53-25-14-28-60(50(66)35(5)6)48(34(3)4)47-40(30-38-16-13-15-36(7)29-38)51(67)58-26-12-10-17-41(58)56-47/h10,12-13,15-17,19-24,26,29,33-35,46,48H,8-9,11,14,18,25,27-28,30-32H2,1-7H3,(H,53,68)(H,54,65)(H,55,62)(H,57,61). The summed E-state index contributed by atoms with van der Waals surface area (Å²) in [4.78, 5) is 111. The molecule has 2 aromatic carbocycles. The van der Waals surface area contributed by atoms with Gasteiger partial charge in [-0.15, -0.1) is 0 Å². The summed E-state index contributed by atoms with van der Waals surface area (Å²) in [6.45, 7) is 13.7. The first-order valence-corrected chi connectivity index (χ1v) is 23.7. The first-order chi connectivity index (χ1) is 32.9. The minimum atomic E-state index is -0.857. The first-order valence-electron chi connectivity index (χ1n) is 23.7. The molecular formula is C52H66N8O9. The first kappa shape index (κ1) is 52.8. The van der Waals surface area contributed by atoms with E-state index in [-0.39, 0.29) is 79.6 Å². The van der Waals surface area contributed by atoms with Gasteiger partial charge in [-0.25, -0.2) is 9.78 Å². The van der Waals surface area contributed by atoms with E-state index in [1.54, 1.807) is 65.7 Å². The van der Waals surface area contributed by atoms with E-state index in [1.807, 2.05) is 65.0 Å². The predicted octanol–water partition coefficient (Wildman–Crippen LogP) is 5.77. The van der Waals surface area contributed by atoms with Crippen LogP contribution in [0.15, 0.2) is 89.9 Å². The van der Waals surface area contributed by atoms with Gasteiger partial charge in [0.1, 0.15) is 18.3 Å². The second-order valence-electron chi connectivity index (χ2n) is 18.3. The third-order valence-corrected chi connectivity index (χ3v) is 11.7. The molecule has 4 aromatic rings. The van der Waals surface area contributed by atoms with E-state index < -0.39 is 30.0 Å². The zero-order chi connectivity index (χ0) is 50.2. The van der Waals surface area contributed by atoms with Gasteiger partial charge >= 0.3 is 6.09 Å². The molecule has 2 atom stereocenters. The third kappa shape index (κ3) is 15.2. The molecule has 0 bridgehead atoms. The topological polar surface area (TPSA) is 218 Å². The fraction of sp³-hybridized carbons (Fsp3) is 0.442. The van der Waals surface area contributed by atoms with Crippen LogP contribution in [-0.4, -0.2) is 92.9 Å². The van der Waals surface area contributed by atoms with Gasteiger partial charge in [0.05, 0.1) is 18.3 Å². The number of benzene rings is 2. The van der Waals surface area contributed by atoms with Gasteiger partial charge in [0, 0.05) is 68.0 Å². The number of nitrogens with one attached hydrogen (secondary N) is 4. The van der Waals surface area contributed by atoms with Gasteiger partial charge < -0.3 is 30.9 Å². The van der Waals surface area contributed by atoms with Gasteiger partial charge in [0.15, 0.2) is 0 Å². The maximum atomic E-state index is 14.1. The summed E-state index contributed by atoms with van der Waals surface area (Å²) in [6.07, 6.45) is 6.14. The van der Waals surface area contributed by atoms with Crippen molar-refractivity contribution in [3.8, 4) is 0 Å². The van der Waals surface area contributed by atoms with E-state index in [0.29, 0.717) is 66.8 Å². The van der Waals surface area contributed by atoms with Crippen molar-refractivity contribution < 1.29 is 38.3 Å². The Hall–Kier alpha value is -7.17. The number of pyridine rings is 1. The van der Waals surface area contributed by atoms with Crippen molar-refractivity contribution in [2.75, 3.05) is 31.5 Å². The van der Waals surface area contributed by atoms with Gasteiger partial charge in [0.25, 0.3) is 17.4 Å². The lowest BCUT2D eigenvalue weighted by atomic mass is 9.91. The molecule has 0 fully saturated rings. The molecule has 3 heterocycles. The number of alkyl carbamates (subject to hydrolysis) is 1. The molecule has 7 amide bonds. The van der Waals surface area contributed by atoms with E-state index in [1.165, 1.54) is 12.2 Å². The number of nitrogens with zero attached hydrogens (tertiary/aromatic N) is 4. The summed E-state index contributed by atoms with van der Waals surface area (Å²) in [5, 5.41) is 10.8. The highest BCUT2D eigenvalue weighted by Gasteiger charge is 2.33. The molecule has 0 aliphatic carbocycles. The highest BCUT2D eigenvalue weighted by Crippen LogP contribution is 2.32. The molecule has 2 unspecified atom stereocenters. The van der Waals surface area contributed by atoms with Gasteiger partial charge in [-0.2, -0.15) is 0 Å². The van der Waals surface area contributed by atoms with E-state index in [0.717, 1.165) is 16.0 Å². The quantitative estimate of drug-likeness (QED) is 0.0491. The maximum Gasteiger partial charge on any atom is 0.407 e. The number of carbonyl (C=O) groups excluding carboxylic acids is 7. The average molecular weight is 947 g/mol. The Morgan fingerprint density at radius 2 is 1.49 bits per heavy atom. The number of ether oxygens (including phenoxy) is 1. The minimum absolute atomic E-state index is 0.0446. The molecule has 4 N–H and O–H groups in total. The van der Waals surface area contributed by atoms with Gasteiger partial charge in [0.2, 0.25) is 23.6 Å². The van der Waals surface area contributed by atoms with Crippen molar-refractivity contribution in [1.82, 2.24) is 35.1 Å². The predicted molar refractivity (Wildman–Crippen MR) is 262 cm³/mol. The lowest BCUT2D eigenvalue weighted by Gasteiger charge is -2.36. The van der Waals surface area contributed by atoms with Crippen LogP contribution in [0.5, 0.6) is 0 Å².